The van der Waals surface area contributed by atoms with E-state index in [0.29, 0.717) is 37.0 Å². The van der Waals surface area contributed by atoms with Gasteiger partial charge in [-0.3, -0.25) is 14.5 Å². The topological polar surface area (TPSA) is 102 Å². The van der Waals surface area contributed by atoms with E-state index in [1.165, 1.54) is 0 Å². The number of aromatic nitrogens is 3. The molecule has 0 saturated carbocycles. The minimum atomic E-state index is -0.252. The number of amides is 1. The van der Waals surface area contributed by atoms with Crippen LogP contribution in [0, 0.1) is 11.8 Å². The summed E-state index contributed by atoms with van der Waals surface area (Å²) in [6.07, 6.45) is 17.8. The maximum atomic E-state index is 14.3. The molecule has 3 heterocycles. The Balaban J connectivity index is 1.57. The highest BCUT2D eigenvalue weighted by Gasteiger charge is 2.43. The number of nitrogens with zero attached hydrogens (tertiary/aromatic N) is 5. The number of rotatable bonds is 17. The van der Waals surface area contributed by atoms with Crippen LogP contribution in [0.5, 0.6) is 0 Å². The molecule has 0 fully saturated rings. The van der Waals surface area contributed by atoms with Crippen LogP contribution in [0.4, 0.5) is 5.95 Å². The maximum absolute atomic E-state index is 14.3. The second-order valence-corrected chi connectivity index (χ2v) is 11.7. The number of fused-ring (bicyclic) bond motifs is 1. The molecule has 0 saturated heterocycles. The van der Waals surface area contributed by atoms with E-state index >= 15 is 0 Å². The second-order valence-electron chi connectivity index (χ2n) is 11.7. The van der Waals surface area contributed by atoms with Gasteiger partial charge in [-0.05, 0) is 42.7 Å². The summed E-state index contributed by atoms with van der Waals surface area (Å²) in [6, 6.07) is 7.77. The minimum absolute atomic E-state index is 0.0579. The van der Waals surface area contributed by atoms with Gasteiger partial charge in [0.05, 0.1) is 12.0 Å². The number of nitrogens with one attached hydrogen (secondary N) is 1. The number of aldehydes is 1. The summed E-state index contributed by atoms with van der Waals surface area (Å²) in [5.74, 6) is 1.65. The van der Waals surface area contributed by atoms with Crippen molar-refractivity contribution in [2.45, 2.75) is 90.6 Å². The lowest BCUT2D eigenvalue weighted by Crippen LogP contribution is -2.51. The molecule has 1 aromatic carbocycles. The van der Waals surface area contributed by atoms with Gasteiger partial charge in [-0.1, -0.05) is 102 Å². The van der Waals surface area contributed by atoms with E-state index < -0.39 is 0 Å². The summed E-state index contributed by atoms with van der Waals surface area (Å²) >= 11 is 0. The van der Waals surface area contributed by atoms with Gasteiger partial charge in [0, 0.05) is 18.0 Å². The van der Waals surface area contributed by atoms with Gasteiger partial charge in [0.15, 0.2) is 12.6 Å². The van der Waals surface area contributed by atoms with E-state index in [4.69, 9.17) is 4.84 Å². The molecule has 0 bridgehead atoms. The molecule has 0 radical (unpaired) electrons. The Morgan fingerprint density at radius 1 is 1.21 bits per heavy atom. The quantitative estimate of drug-likeness (QED) is 0.166. The van der Waals surface area contributed by atoms with Crippen molar-refractivity contribution >= 4 is 29.6 Å². The number of hydroxylamine groups is 1. The fraction of sp³-hybridized carbons (Fsp3) is 0.500. The first-order valence-corrected chi connectivity index (χ1v) is 15.7. The Hall–Kier alpha value is -3.85. The van der Waals surface area contributed by atoms with Gasteiger partial charge in [-0.2, -0.15) is 10.1 Å². The molecule has 43 heavy (non-hydrogen) atoms. The summed E-state index contributed by atoms with van der Waals surface area (Å²) in [7, 11) is 0. The van der Waals surface area contributed by atoms with Crippen molar-refractivity contribution in [1.82, 2.24) is 20.2 Å². The number of hydrogen-bond donors (Lipinski definition) is 1. The monoisotopic (exact) mass is 586 g/mol. The first-order valence-electron chi connectivity index (χ1n) is 15.7. The molecule has 2 aliphatic heterocycles. The molecule has 4 rings (SSSR count). The number of carbonyl (C=O) groups excluding carboxylic acids is 2. The van der Waals surface area contributed by atoms with Crippen molar-refractivity contribution < 1.29 is 14.4 Å². The van der Waals surface area contributed by atoms with E-state index in [1.54, 1.807) is 17.3 Å². The molecule has 1 N–H and O–H groups in total. The average Bonchev–Trinajstić information content (AvgIpc) is 3.71. The van der Waals surface area contributed by atoms with Crippen LogP contribution in [0.1, 0.15) is 95.7 Å². The zero-order valence-corrected chi connectivity index (χ0v) is 25.8. The summed E-state index contributed by atoms with van der Waals surface area (Å²) in [6.45, 7) is 10.8. The highest BCUT2D eigenvalue weighted by molar-refractivity contribution is 6.03. The predicted molar refractivity (Wildman–Crippen MR) is 171 cm³/mol. The van der Waals surface area contributed by atoms with Crippen LogP contribution in [0.25, 0.3) is 5.57 Å². The molecule has 1 amide bonds. The maximum Gasteiger partial charge on any atom is 0.234 e. The zero-order valence-electron chi connectivity index (χ0n) is 25.8. The third-order valence-corrected chi connectivity index (χ3v) is 8.20. The highest BCUT2D eigenvalue weighted by Crippen LogP contribution is 2.39. The number of unbranched alkanes of at least 4 members (excludes halogenated alkanes) is 1. The summed E-state index contributed by atoms with van der Waals surface area (Å²) in [5, 5.41) is 4.60. The molecule has 9 nitrogen and oxygen atoms in total. The van der Waals surface area contributed by atoms with Crippen molar-refractivity contribution in [2.75, 3.05) is 11.6 Å². The van der Waals surface area contributed by atoms with Gasteiger partial charge in [0.2, 0.25) is 11.9 Å². The van der Waals surface area contributed by atoms with E-state index in [2.05, 4.69) is 66.1 Å². The fourth-order valence-electron chi connectivity index (χ4n) is 6.04. The molecule has 2 aliphatic rings. The molecular formula is C34H46N6O3. The van der Waals surface area contributed by atoms with Gasteiger partial charge in [-0.25, -0.2) is 15.2 Å². The second kappa shape index (κ2) is 16.1. The van der Waals surface area contributed by atoms with E-state index in [9.17, 15) is 9.59 Å². The van der Waals surface area contributed by atoms with Crippen molar-refractivity contribution in [3.8, 4) is 0 Å². The lowest BCUT2D eigenvalue weighted by molar-refractivity contribution is -0.126. The van der Waals surface area contributed by atoms with Gasteiger partial charge in [0.1, 0.15) is 12.6 Å². The molecular weight excluding hydrogens is 540 g/mol. The Labute approximate surface area is 255 Å². The molecule has 2 aromatic rings. The van der Waals surface area contributed by atoms with Crippen LogP contribution in [0.2, 0.25) is 0 Å². The van der Waals surface area contributed by atoms with Crippen molar-refractivity contribution in [2.24, 2.45) is 16.8 Å². The van der Waals surface area contributed by atoms with Gasteiger partial charge in [0.25, 0.3) is 0 Å². The first-order chi connectivity index (χ1) is 21.0. The number of benzene rings is 1. The van der Waals surface area contributed by atoms with Crippen molar-refractivity contribution in [1.29, 1.82) is 0 Å². The predicted octanol–water partition coefficient (Wildman–Crippen LogP) is 6.60. The molecule has 3 atom stereocenters. The number of hydrogen-bond acceptors (Lipinski definition) is 7. The average molecular weight is 587 g/mol. The Kier molecular flexibility index (Phi) is 12.0. The number of anilines is 1. The van der Waals surface area contributed by atoms with E-state index in [-0.39, 0.29) is 30.6 Å². The van der Waals surface area contributed by atoms with Crippen molar-refractivity contribution in [3.05, 3.63) is 72.6 Å². The standard InChI is InChI=1S/C34H46N6O3/c1-5-7-20-31-30(33(42)39(34-35-23-37-40(31)34)27(21-22-41)16-12-14-25(3)4)19-9-8-15-26(13-6-2)28-17-10-11-18-29(28)32-36-24-43-38-32/h6,8,10-11,13,15,17-18,22-23,25,27,30-31H,2,5,7,9,12,14,16,19-21,24H2,1,3-4H3,(H,36,38)/b15-8-,26-13+. The van der Waals surface area contributed by atoms with E-state index in [1.807, 2.05) is 29.0 Å². The Bertz CT molecular complexity index is 1330. The number of allylic oxidation sites excluding steroid dienone is 5. The fourth-order valence-corrected chi connectivity index (χ4v) is 6.04. The van der Waals surface area contributed by atoms with Crippen LogP contribution in [0.3, 0.4) is 0 Å². The number of aliphatic imine (C=N–C) groups is 1. The molecule has 0 spiro atoms. The summed E-state index contributed by atoms with van der Waals surface area (Å²) in [4.78, 5) is 42.0. The first kappa shape index (κ1) is 32.1. The number of amidine groups is 1. The molecule has 1 aromatic heterocycles. The van der Waals surface area contributed by atoms with E-state index in [0.717, 1.165) is 61.5 Å². The molecule has 0 aliphatic carbocycles. The van der Waals surface area contributed by atoms with Crippen LogP contribution < -0.4 is 10.4 Å². The van der Waals surface area contributed by atoms with Gasteiger partial charge in [-0.15, -0.1) is 0 Å². The lowest BCUT2D eigenvalue weighted by Gasteiger charge is -2.41. The third-order valence-electron chi connectivity index (χ3n) is 8.20. The lowest BCUT2D eigenvalue weighted by atomic mass is 9.86. The van der Waals surface area contributed by atoms with Gasteiger partial charge >= 0.3 is 0 Å². The number of carbonyl (C=O) groups is 2. The van der Waals surface area contributed by atoms with Crippen molar-refractivity contribution in [3.63, 3.8) is 0 Å². The summed E-state index contributed by atoms with van der Waals surface area (Å²) < 4.78 is 1.95. The SMILES string of the molecule is C=C/C=C(\C=C/CCC1C(=O)N(C(CC=O)CCCC(C)C)c2ncnn2C1CCCC)c1ccccc1C1=NCON1. The zero-order chi connectivity index (χ0) is 30.6. The largest absolute Gasteiger partial charge is 0.303 e. The van der Waals surface area contributed by atoms with Gasteiger partial charge < -0.3 is 4.79 Å². The smallest absolute Gasteiger partial charge is 0.234 e. The van der Waals surface area contributed by atoms with Crippen LogP contribution in [-0.2, 0) is 14.4 Å². The minimum Gasteiger partial charge on any atom is -0.303 e. The molecule has 9 heteroatoms. The van der Waals surface area contributed by atoms with Crippen LogP contribution in [0.15, 0.2) is 66.5 Å². The van der Waals surface area contributed by atoms with Crippen LogP contribution in [-0.4, -0.2) is 45.6 Å². The van der Waals surface area contributed by atoms with Crippen LogP contribution >= 0.6 is 0 Å². The molecule has 3 unspecified atom stereocenters. The Morgan fingerprint density at radius 3 is 2.77 bits per heavy atom. The Morgan fingerprint density at radius 2 is 2.05 bits per heavy atom. The third kappa shape index (κ3) is 7.96. The summed E-state index contributed by atoms with van der Waals surface area (Å²) in [5.41, 5.74) is 5.85. The normalized spacial score (nSPS) is 19.4. The highest BCUT2D eigenvalue weighted by atomic mass is 16.7. The molecule has 230 valence electrons.